The van der Waals surface area contributed by atoms with Crippen LogP contribution in [-0.4, -0.2) is 34.1 Å². The van der Waals surface area contributed by atoms with Crippen molar-refractivity contribution in [3.05, 3.63) is 78.2 Å². The third-order valence-electron chi connectivity index (χ3n) is 6.32. The lowest BCUT2D eigenvalue weighted by molar-refractivity contribution is 0.223. The van der Waals surface area contributed by atoms with Gasteiger partial charge in [0, 0.05) is 57.8 Å². The van der Waals surface area contributed by atoms with Crippen molar-refractivity contribution >= 4 is 22.5 Å². The van der Waals surface area contributed by atoms with Crippen LogP contribution in [0.3, 0.4) is 0 Å². The van der Waals surface area contributed by atoms with Crippen LogP contribution in [0.15, 0.2) is 73.2 Å². The van der Waals surface area contributed by atoms with Gasteiger partial charge in [0.25, 0.3) is 0 Å². The van der Waals surface area contributed by atoms with Crippen molar-refractivity contribution in [2.24, 2.45) is 0 Å². The SMILES string of the molecule is Clc1cccc(-c2cncc(-c3cn(CCCN4CCCCC4)c4ccccc34)c2)c1. The molecule has 4 heteroatoms. The molecule has 1 aliphatic heterocycles. The Kier molecular flexibility index (Phi) is 6.06. The summed E-state index contributed by atoms with van der Waals surface area (Å²) in [7, 11) is 0. The largest absolute Gasteiger partial charge is 0.347 e. The summed E-state index contributed by atoms with van der Waals surface area (Å²) in [5.41, 5.74) is 5.85. The fourth-order valence-electron chi connectivity index (χ4n) is 4.72. The molecule has 0 N–H and O–H groups in total. The molecule has 158 valence electrons. The number of fused-ring (bicyclic) bond motifs is 1. The van der Waals surface area contributed by atoms with Gasteiger partial charge in [0.15, 0.2) is 0 Å². The molecule has 0 radical (unpaired) electrons. The van der Waals surface area contributed by atoms with Crippen LogP contribution in [0.4, 0.5) is 0 Å². The Morgan fingerprint density at radius 3 is 2.52 bits per heavy atom. The Balaban J connectivity index is 1.43. The smallest absolute Gasteiger partial charge is 0.0486 e. The van der Waals surface area contributed by atoms with E-state index in [-0.39, 0.29) is 0 Å². The summed E-state index contributed by atoms with van der Waals surface area (Å²) in [4.78, 5) is 7.17. The third-order valence-corrected chi connectivity index (χ3v) is 6.55. The van der Waals surface area contributed by atoms with E-state index in [2.05, 4.69) is 57.0 Å². The summed E-state index contributed by atoms with van der Waals surface area (Å²) in [5, 5.41) is 2.03. The topological polar surface area (TPSA) is 21.1 Å². The summed E-state index contributed by atoms with van der Waals surface area (Å²) < 4.78 is 2.42. The number of benzene rings is 2. The lowest BCUT2D eigenvalue weighted by Gasteiger charge is -2.26. The molecule has 0 atom stereocenters. The molecular formula is C27H28ClN3. The van der Waals surface area contributed by atoms with Crippen molar-refractivity contribution in [1.29, 1.82) is 0 Å². The molecule has 0 spiro atoms. The zero-order valence-corrected chi connectivity index (χ0v) is 18.6. The summed E-state index contributed by atoms with van der Waals surface area (Å²) in [6, 6.07) is 18.9. The number of hydrogen-bond donors (Lipinski definition) is 0. The summed E-state index contributed by atoms with van der Waals surface area (Å²) in [5.74, 6) is 0. The van der Waals surface area contributed by atoms with Crippen LogP contribution in [0.5, 0.6) is 0 Å². The molecule has 0 unspecified atom stereocenters. The van der Waals surface area contributed by atoms with Crippen molar-refractivity contribution in [3.63, 3.8) is 0 Å². The van der Waals surface area contributed by atoms with E-state index in [1.807, 2.05) is 30.6 Å². The first-order chi connectivity index (χ1) is 15.3. The van der Waals surface area contributed by atoms with Gasteiger partial charge in [0.1, 0.15) is 0 Å². The molecule has 5 rings (SSSR count). The van der Waals surface area contributed by atoms with Gasteiger partial charge in [0.05, 0.1) is 0 Å². The molecule has 31 heavy (non-hydrogen) atoms. The van der Waals surface area contributed by atoms with E-state index in [4.69, 9.17) is 11.6 Å². The first-order valence-electron chi connectivity index (χ1n) is 11.3. The number of aromatic nitrogens is 2. The molecule has 1 aliphatic rings. The van der Waals surface area contributed by atoms with E-state index < -0.39 is 0 Å². The maximum Gasteiger partial charge on any atom is 0.0486 e. The highest BCUT2D eigenvalue weighted by molar-refractivity contribution is 6.30. The Bertz CT molecular complexity index is 1170. The molecule has 2 aromatic carbocycles. The second-order valence-corrected chi connectivity index (χ2v) is 8.92. The lowest BCUT2D eigenvalue weighted by atomic mass is 10.0. The molecule has 0 amide bonds. The molecule has 1 saturated heterocycles. The molecule has 0 bridgehead atoms. The number of pyridine rings is 1. The number of likely N-dealkylation sites (tertiary alicyclic amines) is 1. The summed E-state index contributed by atoms with van der Waals surface area (Å²) >= 11 is 6.21. The highest BCUT2D eigenvalue weighted by Gasteiger charge is 2.13. The van der Waals surface area contributed by atoms with E-state index in [0.717, 1.165) is 28.3 Å². The van der Waals surface area contributed by atoms with Crippen LogP contribution < -0.4 is 0 Å². The average molecular weight is 430 g/mol. The molecule has 0 aliphatic carbocycles. The molecular weight excluding hydrogens is 402 g/mol. The van der Waals surface area contributed by atoms with Gasteiger partial charge in [-0.3, -0.25) is 4.98 Å². The van der Waals surface area contributed by atoms with Crippen LogP contribution in [0, 0.1) is 0 Å². The molecule has 2 aromatic heterocycles. The maximum absolute atomic E-state index is 6.21. The number of aryl methyl sites for hydroxylation is 1. The Morgan fingerprint density at radius 2 is 1.65 bits per heavy atom. The number of piperidine rings is 1. The van der Waals surface area contributed by atoms with Gasteiger partial charge < -0.3 is 9.47 Å². The molecule has 1 fully saturated rings. The van der Waals surface area contributed by atoms with Gasteiger partial charge in [-0.1, -0.05) is 48.4 Å². The number of hydrogen-bond acceptors (Lipinski definition) is 2. The number of para-hydroxylation sites is 1. The monoisotopic (exact) mass is 429 g/mol. The van der Waals surface area contributed by atoms with Crippen LogP contribution in [-0.2, 0) is 6.54 Å². The van der Waals surface area contributed by atoms with Crippen LogP contribution in [0.1, 0.15) is 25.7 Å². The number of halogens is 1. The van der Waals surface area contributed by atoms with E-state index in [9.17, 15) is 0 Å². The van der Waals surface area contributed by atoms with Crippen molar-refractivity contribution < 1.29 is 0 Å². The minimum atomic E-state index is 0.744. The normalized spacial score (nSPS) is 14.9. The van der Waals surface area contributed by atoms with Gasteiger partial charge in [-0.2, -0.15) is 0 Å². The van der Waals surface area contributed by atoms with Crippen molar-refractivity contribution in [2.75, 3.05) is 19.6 Å². The van der Waals surface area contributed by atoms with Crippen molar-refractivity contribution in [1.82, 2.24) is 14.5 Å². The van der Waals surface area contributed by atoms with Gasteiger partial charge >= 0.3 is 0 Å². The minimum Gasteiger partial charge on any atom is -0.347 e. The quantitative estimate of drug-likeness (QED) is 0.332. The Morgan fingerprint density at radius 1 is 0.806 bits per heavy atom. The van der Waals surface area contributed by atoms with Crippen LogP contribution >= 0.6 is 11.6 Å². The summed E-state index contributed by atoms with van der Waals surface area (Å²) in [6.45, 7) is 4.76. The lowest BCUT2D eigenvalue weighted by Crippen LogP contribution is -2.31. The van der Waals surface area contributed by atoms with Crippen LogP contribution in [0.25, 0.3) is 33.2 Å². The Hall–Kier alpha value is -2.62. The molecule has 3 heterocycles. The minimum absolute atomic E-state index is 0.744. The second kappa shape index (κ2) is 9.25. The van der Waals surface area contributed by atoms with E-state index in [1.54, 1.807) is 0 Å². The number of nitrogens with zero attached hydrogens (tertiary/aromatic N) is 3. The van der Waals surface area contributed by atoms with Crippen molar-refractivity contribution in [2.45, 2.75) is 32.2 Å². The zero-order valence-electron chi connectivity index (χ0n) is 17.8. The van der Waals surface area contributed by atoms with Gasteiger partial charge in [0.2, 0.25) is 0 Å². The zero-order chi connectivity index (χ0) is 21.0. The fraction of sp³-hybridized carbons (Fsp3) is 0.296. The van der Waals surface area contributed by atoms with E-state index in [1.165, 1.54) is 61.8 Å². The predicted molar refractivity (Wildman–Crippen MR) is 131 cm³/mol. The predicted octanol–water partition coefficient (Wildman–Crippen LogP) is 6.90. The number of rotatable bonds is 6. The average Bonchev–Trinajstić information content (AvgIpc) is 3.19. The van der Waals surface area contributed by atoms with Gasteiger partial charge in [-0.05, 0) is 68.7 Å². The van der Waals surface area contributed by atoms with Gasteiger partial charge in [-0.15, -0.1) is 0 Å². The van der Waals surface area contributed by atoms with Gasteiger partial charge in [-0.25, -0.2) is 0 Å². The fourth-order valence-corrected chi connectivity index (χ4v) is 4.91. The standard InChI is InChI=1S/C27H28ClN3/c28-24-9-6-8-21(17-24)22-16-23(19-29-18-22)26-20-31(27-11-3-2-10-25(26)27)15-7-14-30-12-4-1-5-13-30/h2-3,6,8-11,16-20H,1,4-5,7,12-15H2. The maximum atomic E-state index is 6.21. The first kappa shape index (κ1) is 20.3. The highest BCUT2D eigenvalue weighted by atomic mass is 35.5. The summed E-state index contributed by atoms with van der Waals surface area (Å²) in [6.07, 6.45) is 11.5. The van der Waals surface area contributed by atoms with Crippen LogP contribution in [0.2, 0.25) is 5.02 Å². The van der Waals surface area contributed by atoms with E-state index >= 15 is 0 Å². The first-order valence-corrected chi connectivity index (χ1v) is 11.7. The Labute approximate surface area is 189 Å². The molecule has 4 aromatic rings. The van der Waals surface area contributed by atoms with Crippen molar-refractivity contribution in [3.8, 4) is 22.3 Å². The highest BCUT2D eigenvalue weighted by Crippen LogP contribution is 2.33. The second-order valence-electron chi connectivity index (χ2n) is 8.48. The molecule has 0 saturated carbocycles. The van der Waals surface area contributed by atoms with E-state index in [0.29, 0.717) is 0 Å². The molecule has 3 nitrogen and oxygen atoms in total. The third kappa shape index (κ3) is 4.53.